The van der Waals surface area contributed by atoms with Gasteiger partial charge in [0, 0.05) is 63.4 Å². The van der Waals surface area contributed by atoms with E-state index < -0.39 is 0 Å². The van der Waals surface area contributed by atoms with Gasteiger partial charge < -0.3 is 10.6 Å². The summed E-state index contributed by atoms with van der Waals surface area (Å²) in [4.78, 5) is 38.5. The summed E-state index contributed by atoms with van der Waals surface area (Å²) >= 11 is 0. The number of ketones is 2. The highest BCUT2D eigenvalue weighted by Crippen LogP contribution is 2.46. The third-order valence-electron chi connectivity index (χ3n) is 11.7. The van der Waals surface area contributed by atoms with Gasteiger partial charge in [-0.05, 0) is 67.6 Å². The highest BCUT2D eigenvalue weighted by molar-refractivity contribution is 6.28. The number of carbonyl (C=O) groups is 2. The van der Waals surface area contributed by atoms with Crippen molar-refractivity contribution < 1.29 is 9.59 Å². The van der Waals surface area contributed by atoms with Gasteiger partial charge in [0.15, 0.2) is 11.6 Å². The maximum atomic E-state index is 14.1. The monoisotopic (exact) mass is 710 g/mol. The topological polar surface area (TPSA) is 92.8 Å². The molecule has 54 heavy (non-hydrogen) atoms. The van der Waals surface area contributed by atoms with Crippen LogP contribution in [0.5, 0.6) is 0 Å². The molecule has 4 heterocycles. The average molecular weight is 711 g/mol. The number of carbonyl (C=O) groups excluding carboxylic acids is 2. The van der Waals surface area contributed by atoms with Crippen LogP contribution < -0.4 is 10.6 Å². The molecule has 0 radical (unpaired) electrons. The Bertz CT molecular complexity index is 2470. The second-order valence-electron chi connectivity index (χ2n) is 15.1. The second kappa shape index (κ2) is 13.4. The molecule has 4 aromatic heterocycles. The van der Waals surface area contributed by atoms with Crippen LogP contribution in [0.3, 0.4) is 0 Å². The molecule has 268 valence electrons. The van der Waals surface area contributed by atoms with Crippen molar-refractivity contribution in [2.45, 2.75) is 76.3 Å². The molecule has 8 nitrogen and oxygen atoms in total. The maximum Gasteiger partial charge on any atom is 0.194 e. The highest BCUT2D eigenvalue weighted by Gasteiger charge is 2.32. The van der Waals surface area contributed by atoms with E-state index in [4.69, 9.17) is 9.97 Å². The number of benzene rings is 3. The molecular formula is C46H42N6O2. The van der Waals surface area contributed by atoms with E-state index in [-0.39, 0.29) is 11.6 Å². The van der Waals surface area contributed by atoms with E-state index in [1.54, 1.807) is 12.1 Å². The number of imidazole rings is 2. The quantitative estimate of drug-likeness (QED) is 0.171. The number of rotatable bonds is 7. The molecule has 0 atom stereocenters. The summed E-state index contributed by atoms with van der Waals surface area (Å²) in [7, 11) is 0. The summed E-state index contributed by atoms with van der Waals surface area (Å²) in [6, 6.07) is 32.2. The first-order valence-electron chi connectivity index (χ1n) is 19.6. The van der Waals surface area contributed by atoms with Crippen LogP contribution in [-0.2, 0) is 0 Å². The fraction of sp³-hybridized carbons (Fsp3) is 0.261. The number of fused-ring (bicyclic) bond motifs is 4. The van der Waals surface area contributed by atoms with E-state index in [9.17, 15) is 9.59 Å². The molecule has 0 saturated heterocycles. The van der Waals surface area contributed by atoms with Crippen molar-refractivity contribution in [3.05, 3.63) is 132 Å². The Hall–Kier alpha value is -6.02. The largest absolute Gasteiger partial charge is 0.367 e. The smallest absolute Gasteiger partial charge is 0.194 e. The van der Waals surface area contributed by atoms with E-state index in [0.717, 1.165) is 82.3 Å². The average Bonchev–Trinajstić information content (AvgIpc) is 3.78. The summed E-state index contributed by atoms with van der Waals surface area (Å²) in [6.45, 7) is 0. The van der Waals surface area contributed by atoms with Gasteiger partial charge in [0.25, 0.3) is 0 Å². The van der Waals surface area contributed by atoms with Crippen molar-refractivity contribution >= 4 is 34.5 Å². The Morgan fingerprint density at radius 2 is 0.944 bits per heavy atom. The number of pyridine rings is 2. The molecule has 0 unspecified atom stereocenters. The van der Waals surface area contributed by atoms with E-state index in [2.05, 4.69) is 50.0 Å². The fourth-order valence-electron chi connectivity index (χ4n) is 9.04. The fourth-order valence-corrected chi connectivity index (χ4v) is 9.04. The molecule has 3 aliphatic carbocycles. The van der Waals surface area contributed by atoms with Gasteiger partial charge in [-0.1, -0.05) is 99.2 Å². The number of nitrogens with one attached hydrogen (secondary N) is 2. The predicted molar refractivity (Wildman–Crippen MR) is 215 cm³/mol. The van der Waals surface area contributed by atoms with Crippen LogP contribution in [0.15, 0.2) is 109 Å². The van der Waals surface area contributed by atoms with Crippen LogP contribution in [0.4, 0.5) is 11.6 Å². The lowest BCUT2D eigenvalue weighted by Gasteiger charge is -2.25. The van der Waals surface area contributed by atoms with E-state index in [0.29, 0.717) is 34.3 Å². The SMILES string of the molecule is O=C1c2ccccc2C(=O)c2cc(-c3c(-c4nc5ccccn5c4NC4CCCCC4)cccc3-c3nc4ccccn4c3NC3CCCCC3)ccc21. The number of nitrogens with zero attached hydrogens (tertiary/aromatic N) is 4. The van der Waals surface area contributed by atoms with Crippen molar-refractivity contribution in [1.29, 1.82) is 0 Å². The van der Waals surface area contributed by atoms with E-state index in [1.165, 1.54) is 38.5 Å². The first-order chi connectivity index (χ1) is 26.6. The summed E-state index contributed by atoms with van der Waals surface area (Å²) in [5.41, 5.74) is 8.79. The van der Waals surface area contributed by atoms with Gasteiger partial charge in [-0.3, -0.25) is 18.4 Å². The Morgan fingerprint density at radius 3 is 1.48 bits per heavy atom. The van der Waals surface area contributed by atoms with Crippen LogP contribution >= 0.6 is 0 Å². The molecule has 3 aliphatic rings. The Morgan fingerprint density at radius 1 is 0.481 bits per heavy atom. The van der Waals surface area contributed by atoms with Crippen LogP contribution in [0.1, 0.15) is 96.1 Å². The normalized spacial score (nSPS) is 16.4. The van der Waals surface area contributed by atoms with Crippen molar-refractivity contribution in [2.75, 3.05) is 10.6 Å². The lowest BCUT2D eigenvalue weighted by molar-refractivity contribution is 0.0979. The van der Waals surface area contributed by atoms with Gasteiger partial charge in [0.2, 0.25) is 0 Å². The van der Waals surface area contributed by atoms with Crippen LogP contribution in [0.25, 0.3) is 44.9 Å². The van der Waals surface area contributed by atoms with Crippen molar-refractivity contribution in [3.8, 4) is 33.6 Å². The lowest BCUT2D eigenvalue weighted by atomic mass is 9.81. The molecule has 0 bridgehead atoms. The summed E-state index contributed by atoms with van der Waals surface area (Å²) in [5.74, 6) is 1.66. The molecule has 7 aromatic rings. The van der Waals surface area contributed by atoms with Gasteiger partial charge in [-0.15, -0.1) is 0 Å². The molecule has 0 spiro atoms. The first-order valence-corrected chi connectivity index (χ1v) is 19.6. The zero-order valence-corrected chi connectivity index (χ0v) is 30.2. The third-order valence-corrected chi connectivity index (χ3v) is 11.7. The highest BCUT2D eigenvalue weighted by atomic mass is 16.1. The van der Waals surface area contributed by atoms with Gasteiger partial charge in [0.1, 0.15) is 34.3 Å². The second-order valence-corrected chi connectivity index (χ2v) is 15.1. The molecule has 2 fully saturated rings. The molecule has 0 amide bonds. The van der Waals surface area contributed by atoms with E-state index in [1.807, 2.05) is 66.7 Å². The molecular weight excluding hydrogens is 669 g/mol. The minimum absolute atomic E-state index is 0.126. The summed E-state index contributed by atoms with van der Waals surface area (Å²) in [6.07, 6.45) is 16.0. The number of anilines is 2. The van der Waals surface area contributed by atoms with Gasteiger partial charge >= 0.3 is 0 Å². The zero-order chi connectivity index (χ0) is 36.2. The van der Waals surface area contributed by atoms with Crippen molar-refractivity contribution in [3.63, 3.8) is 0 Å². The summed E-state index contributed by atoms with van der Waals surface area (Å²) < 4.78 is 4.32. The molecule has 2 N–H and O–H groups in total. The molecule has 0 aliphatic heterocycles. The number of hydrogen-bond donors (Lipinski definition) is 2. The van der Waals surface area contributed by atoms with Crippen molar-refractivity contribution in [1.82, 2.24) is 18.8 Å². The molecule has 8 heteroatoms. The standard InChI is InChI=1S/C46H42N6O2/c53-43-32-18-7-8-19-33(32)44(54)37-28-29(24-25-34(37)43)40-35(41-45(47-30-14-3-1-4-15-30)51-26-11-9-22-38(51)49-41)20-13-21-36(40)42-46(48-31-16-5-2-6-17-31)52-27-12-10-23-39(52)50-42/h7-13,18-28,30-31,47-48H,1-6,14-17H2. The number of aromatic nitrogens is 4. The minimum atomic E-state index is -0.138. The molecule has 10 rings (SSSR count). The van der Waals surface area contributed by atoms with Crippen molar-refractivity contribution in [2.24, 2.45) is 0 Å². The third kappa shape index (κ3) is 5.51. The number of hydrogen-bond acceptors (Lipinski definition) is 6. The Balaban J connectivity index is 1.22. The predicted octanol–water partition coefficient (Wildman–Crippen LogP) is 10.2. The maximum absolute atomic E-state index is 14.1. The van der Waals surface area contributed by atoms with Gasteiger partial charge in [0.05, 0.1) is 0 Å². The minimum Gasteiger partial charge on any atom is -0.367 e. The first kappa shape index (κ1) is 32.6. The lowest BCUT2D eigenvalue weighted by Crippen LogP contribution is -2.23. The molecule has 3 aromatic carbocycles. The summed E-state index contributed by atoms with van der Waals surface area (Å²) in [5, 5.41) is 7.88. The van der Waals surface area contributed by atoms with Crippen LogP contribution in [0, 0.1) is 0 Å². The van der Waals surface area contributed by atoms with Crippen LogP contribution in [-0.4, -0.2) is 42.4 Å². The van der Waals surface area contributed by atoms with Gasteiger partial charge in [-0.25, -0.2) is 9.97 Å². The zero-order valence-electron chi connectivity index (χ0n) is 30.2. The van der Waals surface area contributed by atoms with E-state index >= 15 is 0 Å². The molecule has 2 saturated carbocycles. The Kier molecular flexibility index (Phi) is 8.12. The van der Waals surface area contributed by atoms with Crippen LogP contribution in [0.2, 0.25) is 0 Å². The van der Waals surface area contributed by atoms with Gasteiger partial charge in [-0.2, -0.15) is 0 Å². The Labute approximate surface area is 314 Å².